The smallest absolute Gasteiger partial charge is 0.344 e. The Bertz CT molecular complexity index is 672. The number of carbonyl (C=O) groups excluding carboxylic acids is 1. The fourth-order valence-electron chi connectivity index (χ4n) is 1.98. The number of ether oxygens (including phenoxy) is 3. The van der Waals surface area contributed by atoms with E-state index in [9.17, 15) is 4.79 Å². The number of pyridine rings is 1. The van der Waals surface area contributed by atoms with Crippen molar-refractivity contribution in [3.63, 3.8) is 0 Å². The quantitative estimate of drug-likeness (QED) is 0.794. The third-order valence-electron chi connectivity index (χ3n) is 2.84. The molecule has 1 aromatic carbocycles. The van der Waals surface area contributed by atoms with Crippen molar-refractivity contribution in [3.8, 4) is 11.5 Å². The molecule has 0 aliphatic carbocycles. The van der Waals surface area contributed by atoms with E-state index in [-0.39, 0.29) is 6.61 Å². The van der Waals surface area contributed by atoms with Crippen LogP contribution in [-0.2, 0) is 9.53 Å². The lowest BCUT2D eigenvalue weighted by Crippen LogP contribution is -2.15. The molecular weight excluding hydrogens is 294 g/mol. The molecule has 0 unspecified atom stereocenters. The van der Waals surface area contributed by atoms with Gasteiger partial charge in [0, 0.05) is 11.8 Å². The zero-order chi connectivity index (χ0) is 15.4. The molecule has 0 aliphatic rings. The van der Waals surface area contributed by atoms with Crippen LogP contribution >= 0.6 is 11.6 Å². The van der Waals surface area contributed by atoms with Crippen LogP contribution < -0.4 is 9.47 Å². The van der Waals surface area contributed by atoms with Crippen molar-refractivity contribution in [2.45, 2.75) is 13.8 Å². The van der Waals surface area contributed by atoms with Gasteiger partial charge in [-0.25, -0.2) is 9.78 Å². The van der Waals surface area contributed by atoms with Crippen molar-refractivity contribution in [3.05, 3.63) is 28.9 Å². The highest BCUT2D eigenvalue weighted by Gasteiger charge is 2.14. The lowest BCUT2D eigenvalue weighted by molar-refractivity contribution is -0.145. The van der Waals surface area contributed by atoms with Crippen LogP contribution in [0.25, 0.3) is 10.9 Å². The number of fused-ring (bicyclic) bond motifs is 1. The molecule has 5 nitrogen and oxygen atoms in total. The highest BCUT2D eigenvalue weighted by atomic mass is 35.5. The summed E-state index contributed by atoms with van der Waals surface area (Å²) in [6.07, 6.45) is 0. The third-order valence-corrected chi connectivity index (χ3v) is 3.15. The molecule has 0 aliphatic heterocycles. The van der Waals surface area contributed by atoms with E-state index in [0.717, 1.165) is 5.69 Å². The van der Waals surface area contributed by atoms with Crippen LogP contribution in [0.3, 0.4) is 0 Å². The van der Waals surface area contributed by atoms with Gasteiger partial charge in [-0.3, -0.25) is 0 Å². The maximum atomic E-state index is 11.4. The molecule has 0 saturated heterocycles. The summed E-state index contributed by atoms with van der Waals surface area (Å²) in [5.74, 6) is 0.646. The standard InChI is InChI=1S/C15H16ClNO4/c1-4-20-13(18)8-21-12-7-9(2)17-15-11(19-3)6-5-10(16)14(12)15/h5-7H,4,8H2,1-3H3. The van der Waals surface area contributed by atoms with E-state index in [0.29, 0.717) is 34.0 Å². The molecule has 1 heterocycles. The minimum absolute atomic E-state index is 0.181. The SMILES string of the molecule is CCOC(=O)COc1cc(C)nc2c(OC)ccc(Cl)c12. The average Bonchev–Trinajstić information content (AvgIpc) is 2.45. The molecule has 0 atom stereocenters. The predicted molar refractivity (Wildman–Crippen MR) is 80.2 cm³/mol. The second-order valence-electron chi connectivity index (χ2n) is 4.33. The van der Waals surface area contributed by atoms with E-state index in [1.807, 2.05) is 6.92 Å². The van der Waals surface area contributed by atoms with Crippen LogP contribution in [0.4, 0.5) is 0 Å². The lowest BCUT2D eigenvalue weighted by atomic mass is 10.1. The van der Waals surface area contributed by atoms with Gasteiger partial charge in [-0.15, -0.1) is 0 Å². The van der Waals surface area contributed by atoms with E-state index < -0.39 is 5.97 Å². The van der Waals surface area contributed by atoms with E-state index in [1.165, 1.54) is 0 Å². The lowest BCUT2D eigenvalue weighted by Gasteiger charge is -2.13. The van der Waals surface area contributed by atoms with Crippen molar-refractivity contribution in [1.82, 2.24) is 4.98 Å². The van der Waals surface area contributed by atoms with E-state index in [1.54, 1.807) is 32.2 Å². The summed E-state index contributed by atoms with van der Waals surface area (Å²) in [5.41, 5.74) is 1.34. The maximum absolute atomic E-state index is 11.4. The highest BCUT2D eigenvalue weighted by molar-refractivity contribution is 6.36. The van der Waals surface area contributed by atoms with Gasteiger partial charge in [0.25, 0.3) is 0 Å². The first-order valence-electron chi connectivity index (χ1n) is 6.49. The number of hydrogen-bond donors (Lipinski definition) is 0. The number of methoxy groups -OCH3 is 1. The Morgan fingerprint density at radius 2 is 2.10 bits per heavy atom. The molecule has 1 aromatic heterocycles. The van der Waals surface area contributed by atoms with Gasteiger partial charge >= 0.3 is 5.97 Å². The number of aryl methyl sites for hydroxylation is 1. The fraction of sp³-hybridized carbons (Fsp3) is 0.333. The van der Waals surface area contributed by atoms with Gasteiger partial charge < -0.3 is 14.2 Å². The monoisotopic (exact) mass is 309 g/mol. The minimum Gasteiger partial charge on any atom is -0.494 e. The van der Waals surface area contributed by atoms with Crippen molar-refractivity contribution in [1.29, 1.82) is 0 Å². The van der Waals surface area contributed by atoms with Gasteiger partial charge in [-0.2, -0.15) is 0 Å². The summed E-state index contributed by atoms with van der Waals surface area (Å²) in [4.78, 5) is 15.9. The topological polar surface area (TPSA) is 57.7 Å². The Balaban J connectivity index is 2.45. The first-order valence-corrected chi connectivity index (χ1v) is 6.86. The summed E-state index contributed by atoms with van der Waals surface area (Å²) in [6, 6.07) is 5.18. The largest absolute Gasteiger partial charge is 0.494 e. The van der Waals surface area contributed by atoms with Crippen LogP contribution in [-0.4, -0.2) is 31.3 Å². The summed E-state index contributed by atoms with van der Waals surface area (Å²) in [6.45, 7) is 3.70. The van der Waals surface area contributed by atoms with Crippen LogP contribution in [0.1, 0.15) is 12.6 Å². The number of rotatable bonds is 5. The van der Waals surface area contributed by atoms with Gasteiger partial charge in [0.15, 0.2) is 6.61 Å². The number of hydrogen-bond acceptors (Lipinski definition) is 5. The van der Waals surface area contributed by atoms with Gasteiger partial charge in [0.2, 0.25) is 0 Å². The van der Waals surface area contributed by atoms with Crippen molar-refractivity contribution < 1.29 is 19.0 Å². The van der Waals surface area contributed by atoms with Crippen molar-refractivity contribution in [2.75, 3.05) is 20.3 Å². The summed E-state index contributed by atoms with van der Waals surface area (Å²) < 4.78 is 15.7. The first-order chi connectivity index (χ1) is 10.1. The minimum atomic E-state index is -0.431. The second kappa shape index (κ2) is 6.63. The number of benzene rings is 1. The number of halogens is 1. The third kappa shape index (κ3) is 3.36. The Kier molecular flexibility index (Phi) is 4.85. The number of nitrogens with zero attached hydrogens (tertiary/aromatic N) is 1. The zero-order valence-electron chi connectivity index (χ0n) is 12.1. The molecule has 0 N–H and O–H groups in total. The normalized spacial score (nSPS) is 10.5. The molecule has 21 heavy (non-hydrogen) atoms. The predicted octanol–water partition coefficient (Wildman–Crippen LogP) is 3.15. The summed E-state index contributed by atoms with van der Waals surface area (Å²) in [5, 5.41) is 1.10. The van der Waals surface area contributed by atoms with Gasteiger partial charge in [0.1, 0.15) is 17.0 Å². The molecule has 2 rings (SSSR count). The molecule has 0 bridgehead atoms. The molecule has 112 valence electrons. The first kappa shape index (κ1) is 15.4. The van der Waals surface area contributed by atoms with Gasteiger partial charge in [-0.1, -0.05) is 11.6 Å². The Labute approximate surface area is 127 Å². The fourth-order valence-corrected chi connectivity index (χ4v) is 2.23. The molecule has 0 radical (unpaired) electrons. The van der Waals surface area contributed by atoms with Gasteiger partial charge in [-0.05, 0) is 26.0 Å². The number of carbonyl (C=O) groups is 1. The van der Waals surface area contributed by atoms with E-state index in [4.69, 9.17) is 25.8 Å². The molecule has 2 aromatic rings. The Morgan fingerprint density at radius 1 is 1.33 bits per heavy atom. The molecular formula is C15H16ClNO4. The Morgan fingerprint density at radius 3 is 2.76 bits per heavy atom. The molecule has 0 saturated carbocycles. The van der Waals surface area contributed by atoms with Crippen molar-refractivity contribution >= 4 is 28.5 Å². The number of esters is 1. The molecule has 0 spiro atoms. The van der Waals surface area contributed by atoms with Crippen LogP contribution in [0.5, 0.6) is 11.5 Å². The summed E-state index contributed by atoms with van der Waals surface area (Å²) in [7, 11) is 1.56. The maximum Gasteiger partial charge on any atom is 0.344 e. The van der Waals surface area contributed by atoms with Gasteiger partial charge in [0.05, 0.1) is 24.1 Å². The van der Waals surface area contributed by atoms with E-state index >= 15 is 0 Å². The highest BCUT2D eigenvalue weighted by Crippen LogP contribution is 2.36. The zero-order valence-corrected chi connectivity index (χ0v) is 12.9. The van der Waals surface area contributed by atoms with Crippen LogP contribution in [0, 0.1) is 6.92 Å². The van der Waals surface area contributed by atoms with E-state index in [2.05, 4.69) is 4.98 Å². The van der Waals surface area contributed by atoms with Crippen LogP contribution in [0.2, 0.25) is 5.02 Å². The molecule has 0 amide bonds. The van der Waals surface area contributed by atoms with Crippen LogP contribution in [0.15, 0.2) is 18.2 Å². The summed E-state index contributed by atoms with van der Waals surface area (Å²) >= 11 is 6.23. The molecule has 6 heteroatoms. The second-order valence-corrected chi connectivity index (χ2v) is 4.74. The number of aromatic nitrogens is 1. The average molecular weight is 310 g/mol. The van der Waals surface area contributed by atoms with Crippen molar-refractivity contribution in [2.24, 2.45) is 0 Å². The molecule has 0 fully saturated rings. The Hall–Kier alpha value is -2.01.